The fourth-order valence-corrected chi connectivity index (χ4v) is 1.76. The van der Waals surface area contributed by atoms with E-state index in [9.17, 15) is 4.79 Å². The predicted octanol–water partition coefficient (Wildman–Crippen LogP) is 2.57. The van der Waals surface area contributed by atoms with E-state index in [2.05, 4.69) is 18.3 Å². The fourth-order valence-electron chi connectivity index (χ4n) is 1.76. The summed E-state index contributed by atoms with van der Waals surface area (Å²) in [5.74, 6) is 0.195. The summed E-state index contributed by atoms with van der Waals surface area (Å²) in [6, 6.07) is -0.0909. The van der Waals surface area contributed by atoms with Crippen LogP contribution in [0.4, 0.5) is 0 Å². The van der Waals surface area contributed by atoms with Gasteiger partial charge in [0.2, 0.25) is 0 Å². The van der Waals surface area contributed by atoms with Crippen LogP contribution in [0.2, 0.25) is 0 Å². The number of carbonyl (C=O) groups excluding carboxylic acids is 1. The summed E-state index contributed by atoms with van der Waals surface area (Å²) in [4.78, 5) is 11.3. The van der Waals surface area contributed by atoms with Crippen molar-refractivity contribution in [1.82, 2.24) is 5.32 Å². The highest BCUT2D eigenvalue weighted by molar-refractivity contribution is 5.85. The van der Waals surface area contributed by atoms with Crippen molar-refractivity contribution in [3.8, 4) is 0 Å². The van der Waals surface area contributed by atoms with E-state index in [1.165, 1.54) is 24.0 Å². The summed E-state index contributed by atoms with van der Waals surface area (Å²) in [5, 5.41) is 3.09. The number of carbonyl (C=O) groups is 1. The molecule has 1 N–H and O–H groups in total. The van der Waals surface area contributed by atoms with Crippen molar-refractivity contribution >= 4 is 5.78 Å². The van der Waals surface area contributed by atoms with Gasteiger partial charge in [0.05, 0.1) is 0 Å². The van der Waals surface area contributed by atoms with E-state index >= 15 is 0 Å². The molecule has 1 atom stereocenters. The van der Waals surface area contributed by atoms with Crippen LogP contribution in [0.15, 0.2) is 23.4 Å². The SMILES string of the molecule is CCCCC1=C(C)C(C(C)=O)NC=C1. The summed E-state index contributed by atoms with van der Waals surface area (Å²) < 4.78 is 0. The second-order valence-corrected chi connectivity index (χ2v) is 3.86. The quantitative estimate of drug-likeness (QED) is 0.743. The van der Waals surface area contributed by atoms with Crippen molar-refractivity contribution in [2.75, 3.05) is 0 Å². The average Bonchev–Trinajstić information content (AvgIpc) is 2.16. The van der Waals surface area contributed by atoms with Gasteiger partial charge < -0.3 is 5.32 Å². The maximum atomic E-state index is 11.3. The van der Waals surface area contributed by atoms with Crippen LogP contribution in [0.1, 0.15) is 40.0 Å². The van der Waals surface area contributed by atoms with Gasteiger partial charge in [0, 0.05) is 0 Å². The molecule has 1 heterocycles. The number of hydrogen-bond donors (Lipinski definition) is 1. The largest absolute Gasteiger partial charge is 0.378 e. The molecule has 0 spiro atoms. The molecule has 14 heavy (non-hydrogen) atoms. The van der Waals surface area contributed by atoms with E-state index in [0.29, 0.717) is 0 Å². The van der Waals surface area contributed by atoms with Crippen LogP contribution in [0, 0.1) is 0 Å². The summed E-state index contributed by atoms with van der Waals surface area (Å²) in [6.45, 7) is 5.87. The molecule has 0 radical (unpaired) electrons. The van der Waals surface area contributed by atoms with E-state index in [1.54, 1.807) is 6.92 Å². The number of allylic oxidation sites excluding steroid dienone is 2. The molecule has 78 valence electrons. The third kappa shape index (κ3) is 2.47. The Balaban J connectivity index is 2.74. The van der Waals surface area contributed by atoms with Crippen molar-refractivity contribution in [3.63, 3.8) is 0 Å². The van der Waals surface area contributed by atoms with Crippen molar-refractivity contribution in [2.45, 2.75) is 46.1 Å². The monoisotopic (exact) mass is 193 g/mol. The van der Waals surface area contributed by atoms with Gasteiger partial charge in [-0.15, -0.1) is 0 Å². The number of hydrogen-bond acceptors (Lipinski definition) is 2. The van der Waals surface area contributed by atoms with E-state index < -0.39 is 0 Å². The second kappa shape index (κ2) is 4.99. The molecule has 0 aromatic carbocycles. The molecular formula is C12H19NO. The lowest BCUT2D eigenvalue weighted by atomic mass is 9.94. The molecule has 0 aliphatic carbocycles. The van der Waals surface area contributed by atoms with Crippen molar-refractivity contribution in [1.29, 1.82) is 0 Å². The zero-order valence-corrected chi connectivity index (χ0v) is 9.26. The van der Waals surface area contributed by atoms with Gasteiger partial charge in [-0.1, -0.05) is 13.3 Å². The molecule has 2 heteroatoms. The zero-order valence-electron chi connectivity index (χ0n) is 9.26. The molecule has 1 aliphatic heterocycles. The Hall–Kier alpha value is -1.05. The first-order valence-corrected chi connectivity index (χ1v) is 5.29. The average molecular weight is 193 g/mol. The number of dihydropyridines is 1. The molecule has 0 amide bonds. The molecule has 2 nitrogen and oxygen atoms in total. The maximum Gasteiger partial charge on any atom is 0.156 e. The lowest BCUT2D eigenvalue weighted by Gasteiger charge is -2.22. The van der Waals surface area contributed by atoms with E-state index in [0.717, 1.165) is 6.42 Å². The molecule has 0 fully saturated rings. The highest BCUT2D eigenvalue weighted by Crippen LogP contribution is 2.20. The lowest BCUT2D eigenvalue weighted by Crippen LogP contribution is -2.35. The number of ketones is 1. The van der Waals surface area contributed by atoms with Crippen LogP contribution >= 0.6 is 0 Å². The standard InChI is InChI=1S/C12H19NO/c1-4-5-6-11-7-8-13-12(9(11)2)10(3)14/h7-8,12-13H,4-6H2,1-3H3. The molecular weight excluding hydrogens is 174 g/mol. The minimum Gasteiger partial charge on any atom is -0.378 e. The summed E-state index contributed by atoms with van der Waals surface area (Å²) >= 11 is 0. The predicted molar refractivity (Wildman–Crippen MR) is 59.0 cm³/mol. The first kappa shape index (κ1) is 11.0. The molecule has 1 aliphatic rings. The van der Waals surface area contributed by atoms with Gasteiger partial charge in [0.1, 0.15) is 6.04 Å². The van der Waals surface area contributed by atoms with Gasteiger partial charge in [0.25, 0.3) is 0 Å². The Labute approximate surface area is 86.1 Å². The van der Waals surface area contributed by atoms with Crippen LogP contribution in [0.25, 0.3) is 0 Å². The maximum absolute atomic E-state index is 11.3. The molecule has 1 rings (SSSR count). The Kier molecular flexibility index (Phi) is 3.93. The second-order valence-electron chi connectivity index (χ2n) is 3.86. The highest BCUT2D eigenvalue weighted by atomic mass is 16.1. The molecule has 0 bridgehead atoms. The Morgan fingerprint density at radius 1 is 1.57 bits per heavy atom. The van der Waals surface area contributed by atoms with Crippen molar-refractivity contribution in [2.24, 2.45) is 0 Å². The third-order valence-corrected chi connectivity index (χ3v) is 2.69. The smallest absolute Gasteiger partial charge is 0.156 e. The summed E-state index contributed by atoms with van der Waals surface area (Å²) in [7, 11) is 0. The van der Waals surface area contributed by atoms with Gasteiger partial charge in [-0.3, -0.25) is 4.79 Å². The Morgan fingerprint density at radius 3 is 2.86 bits per heavy atom. The third-order valence-electron chi connectivity index (χ3n) is 2.69. The number of rotatable bonds is 4. The summed E-state index contributed by atoms with van der Waals surface area (Å²) in [6.07, 6.45) is 7.46. The minimum atomic E-state index is -0.0909. The van der Waals surface area contributed by atoms with Gasteiger partial charge >= 0.3 is 0 Å². The normalized spacial score (nSPS) is 20.9. The first-order chi connectivity index (χ1) is 6.66. The highest BCUT2D eigenvalue weighted by Gasteiger charge is 2.19. The fraction of sp³-hybridized carbons (Fsp3) is 0.583. The minimum absolute atomic E-state index is 0.0909. The molecule has 0 aromatic heterocycles. The number of nitrogens with one attached hydrogen (secondary N) is 1. The van der Waals surface area contributed by atoms with Crippen LogP contribution in [0.3, 0.4) is 0 Å². The van der Waals surface area contributed by atoms with E-state index in [-0.39, 0.29) is 11.8 Å². The van der Waals surface area contributed by atoms with Gasteiger partial charge in [-0.05, 0) is 50.1 Å². The summed E-state index contributed by atoms with van der Waals surface area (Å²) in [5.41, 5.74) is 2.51. The van der Waals surface area contributed by atoms with Crippen LogP contribution in [-0.2, 0) is 4.79 Å². The topological polar surface area (TPSA) is 29.1 Å². The zero-order chi connectivity index (χ0) is 10.6. The number of unbranched alkanes of at least 4 members (excludes halogenated alkanes) is 1. The van der Waals surface area contributed by atoms with Gasteiger partial charge in [-0.2, -0.15) is 0 Å². The Bertz CT molecular complexity index is 276. The van der Waals surface area contributed by atoms with Gasteiger partial charge in [-0.25, -0.2) is 0 Å². The lowest BCUT2D eigenvalue weighted by molar-refractivity contribution is -0.117. The van der Waals surface area contributed by atoms with E-state index in [1.807, 2.05) is 13.1 Å². The van der Waals surface area contributed by atoms with Crippen LogP contribution in [-0.4, -0.2) is 11.8 Å². The van der Waals surface area contributed by atoms with Gasteiger partial charge in [0.15, 0.2) is 5.78 Å². The first-order valence-electron chi connectivity index (χ1n) is 5.29. The van der Waals surface area contributed by atoms with Crippen molar-refractivity contribution in [3.05, 3.63) is 23.4 Å². The van der Waals surface area contributed by atoms with Crippen LogP contribution < -0.4 is 5.32 Å². The Morgan fingerprint density at radius 2 is 2.29 bits per heavy atom. The molecule has 0 saturated heterocycles. The number of Topliss-reactive ketones (excluding diaryl/α,β-unsaturated/α-hetero) is 1. The van der Waals surface area contributed by atoms with Crippen molar-refractivity contribution < 1.29 is 4.79 Å². The van der Waals surface area contributed by atoms with E-state index in [4.69, 9.17) is 0 Å². The molecule has 0 aromatic rings. The van der Waals surface area contributed by atoms with Crippen LogP contribution in [0.5, 0.6) is 0 Å². The molecule has 0 saturated carbocycles. The molecule has 1 unspecified atom stereocenters.